The van der Waals surface area contributed by atoms with Crippen molar-refractivity contribution in [3.05, 3.63) is 53.1 Å². The molecule has 104 valence electrons. The molecule has 0 aliphatic heterocycles. The quantitative estimate of drug-likeness (QED) is 0.795. The summed E-state index contributed by atoms with van der Waals surface area (Å²) in [6.07, 6.45) is 0. The highest BCUT2D eigenvalue weighted by Gasteiger charge is 2.13. The third kappa shape index (κ3) is 2.98. The van der Waals surface area contributed by atoms with E-state index in [-0.39, 0.29) is 22.4 Å². The Labute approximate surface area is 119 Å². The van der Waals surface area contributed by atoms with Crippen LogP contribution in [0.25, 0.3) is 11.1 Å². The maximum Gasteiger partial charge on any atom is 0.335 e. The van der Waals surface area contributed by atoms with E-state index >= 15 is 0 Å². The van der Waals surface area contributed by atoms with Gasteiger partial charge in [0.1, 0.15) is 5.75 Å². The molecule has 0 radical (unpaired) electrons. The number of rotatable bonds is 3. The molecule has 6 heteroatoms. The van der Waals surface area contributed by atoms with Gasteiger partial charge in [-0.05, 0) is 47.5 Å². The number of phenolic OH excluding ortho intramolecular Hbond substituents is 1. The molecule has 0 bridgehead atoms. The molecule has 0 saturated carbocycles. The maximum atomic E-state index is 11.1. The number of carboxylic acid groups (broad SMARTS) is 2. The molecule has 0 heterocycles. The Hall–Kier alpha value is -3.33. The summed E-state index contributed by atoms with van der Waals surface area (Å²) < 4.78 is 0. The number of aromatic carboxylic acids is 2. The van der Waals surface area contributed by atoms with Crippen molar-refractivity contribution >= 4 is 11.9 Å². The van der Waals surface area contributed by atoms with Crippen LogP contribution in [0.3, 0.4) is 0 Å². The zero-order valence-electron chi connectivity index (χ0n) is 10.6. The second kappa shape index (κ2) is 5.35. The van der Waals surface area contributed by atoms with Crippen molar-refractivity contribution in [2.75, 3.05) is 0 Å². The molecule has 0 saturated heterocycles. The molecule has 0 aromatic heterocycles. The molecule has 0 aliphatic carbocycles. The number of aromatic hydroxyl groups is 1. The smallest absolute Gasteiger partial charge is 0.335 e. The molecule has 2 rings (SSSR count). The maximum absolute atomic E-state index is 11.1. The first-order chi connectivity index (χ1) is 9.90. The number of nitriles is 1. The van der Waals surface area contributed by atoms with Gasteiger partial charge in [-0.1, -0.05) is 0 Å². The lowest BCUT2D eigenvalue weighted by Gasteiger charge is -2.07. The van der Waals surface area contributed by atoms with Gasteiger partial charge in [0, 0.05) is 0 Å². The van der Waals surface area contributed by atoms with Gasteiger partial charge in [0.2, 0.25) is 0 Å². The van der Waals surface area contributed by atoms with Crippen molar-refractivity contribution in [2.24, 2.45) is 0 Å². The topological polar surface area (TPSA) is 119 Å². The summed E-state index contributed by atoms with van der Waals surface area (Å²) in [7, 11) is 0. The van der Waals surface area contributed by atoms with Crippen LogP contribution in [0.4, 0.5) is 0 Å². The van der Waals surface area contributed by atoms with Crippen molar-refractivity contribution in [1.29, 1.82) is 5.26 Å². The minimum absolute atomic E-state index is 0.165. The second-order valence-corrected chi connectivity index (χ2v) is 4.29. The van der Waals surface area contributed by atoms with Gasteiger partial charge >= 0.3 is 11.9 Å². The van der Waals surface area contributed by atoms with E-state index in [9.17, 15) is 14.7 Å². The number of hydrogen-bond acceptors (Lipinski definition) is 4. The van der Waals surface area contributed by atoms with E-state index in [1.165, 1.54) is 30.3 Å². The number of carboxylic acids is 2. The normalized spacial score (nSPS) is 9.86. The number of carbonyl (C=O) groups is 2. The Morgan fingerprint density at radius 2 is 1.38 bits per heavy atom. The monoisotopic (exact) mass is 283 g/mol. The van der Waals surface area contributed by atoms with Crippen LogP contribution < -0.4 is 0 Å². The lowest BCUT2D eigenvalue weighted by atomic mass is 9.98. The van der Waals surface area contributed by atoms with Crippen LogP contribution in [0.5, 0.6) is 5.75 Å². The molecule has 0 amide bonds. The highest BCUT2D eigenvalue weighted by Crippen LogP contribution is 2.27. The molecule has 0 aliphatic rings. The van der Waals surface area contributed by atoms with Crippen molar-refractivity contribution in [2.45, 2.75) is 0 Å². The Morgan fingerprint density at radius 3 is 1.86 bits per heavy atom. The molecule has 0 spiro atoms. The summed E-state index contributed by atoms with van der Waals surface area (Å²) in [5, 5.41) is 36.5. The number of hydrogen-bond donors (Lipinski definition) is 3. The Kier molecular flexibility index (Phi) is 3.59. The van der Waals surface area contributed by atoms with Crippen molar-refractivity contribution < 1.29 is 24.9 Å². The standard InChI is InChI=1S/C15H9NO5/c16-7-8-1-9(6-13(17)2-8)10-3-11(14(18)19)5-12(4-10)15(20)21/h1-6,17H,(H,18,19)(H,20,21). The van der Waals surface area contributed by atoms with Crippen molar-refractivity contribution in [3.8, 4) is 22.9 Å². The van der Waals surface area contributed by atoms with Crippen LogP contribution in [0.1, 0.15) is 26.3 Å². The van der Waals surface area contributed by atoms with Gasteiger partial charge in [-0.2, -0.15) is 5.26 Å². The third-order valence-electron chi connectivity index (χ3n) is 2.81. The lowest BCUT2D eigenvalue weighted by molar-refractivity contribution is 0.0696. The van der Waals surface area contributed by atoms with E-state index in [1.54, 1.807) is 0 Å². The van der Waals surface area contributed by atoms with Crippen LogP contribution in [-0.2, 0) is 0 Å². The van der Waals surface area contributed by atoms with Gasteiger partial charge in [-0.25, -0.2) is 9.59 Å². The molecule has 2 aromatic rings. The van der Waals surface area contributed by atoms with Gasteiger partial charge in [-0.15, -0.1) is 0 Å². The fourth-order valence-corrected chi connectivity index (χ4v) is 1.88. The summed E-state index contributed by atoms with van der Waals surface area (Å²) in [4.78, 5) is 22.1. The molecule has 2 aromatic carbocycles. The number of nitrogens with zero attached hydrogens (tertiary/aromatic N) is 1. The zero-order valence-corrected chi connectivity index (χ0v) is 10.6. The van der Waals surface area contributed by atoms with E-state index in [0.29, 0.717) is 11.1 Å². The molecular weight excluding hydrogens is 274 g/mol. The van der Waals surface area contributed by atoms with Crippen LogP contribution in [0.15, 0.2) is 36.4 Å². The number of phenols is 1. The van der Waals surface area contributed by atoms with E-state index < -0.39 is 11.9 Å². The first kappa shape index (κ1) is 14.1. The van der Waals surface area contributed by atoms with Crippen LogP contribution >= 0.6 is 0 Å². The van der Waals surface area contributed by atoms with Gasteiger partial charge in [0.05, 0.1) is 22.8 Å². The van der Waals surface area contributed by atoms with Gasteiger partial charge in [0.15, 0.2) is 0 Å². The molecule has 6 nitrogen and oxygen atoms in total. The second-order valence-electron chi connectivity index (χ2n) is 4.29. The molecular formula is C15H9NO5. The van der Waals surface area contributed by atoms with Gasteiger partial charge < -0.3 is 15.3 Å². The molecule has 21 heavy (non-hydrogen) atoms. The molecule has 0 atom stereocenters. The average Bonchev–Trinajstić information content (AvgIpc) is 2.45. The first-order valence-electron chi connectivity index (χ1n) is 5.77. The van der Waals surface area contributed by atoms with Crippen molar-refractivity contribution in [1.82, 2.24) is 0 Å². The van der Waals surface area contributed by atoms with E-state index in [0.717, 1.165) is 6.07 Å². The number of benzene rings is 2. The summed E-state index contributed by atoms with van der Waals surface area (Å²) in [5.74, 6) is -2.69. The predicted octanol–water partition coefficient (Wildman–Crippen LogP) is 2.33. The van der Waals surface area contributed by atoms with Crippen LogP contribution in [0, 0.1) is 11.3 Å². The minimum atomic E-state index is -1.26. The van der Waals surface area contributed by atoms with E-state index in [2.05, 4.69) is 0 Å². The third-order valence-corrected chi connectivity index (χ3v) is 2.81. The summed E-state index contributed by atoms with van der Waals surface area (Å²) >= 11 is 0. The van der Waals surface area contributed by atoms with Gasteiger partial charge in [-0.3, -0.25) is 0 Å². The van der Waals surface area contributed by atoms with Crippen molar-refractivity contribution in [3.63, 3.8) is 0 Å². The molecule has 0 fully saturated rings. The SMILES string of the molecule is N#Cc1cc(O)cc(-c2cc(C(=O)O)cc(C(=O)O)c2)c1. The predicted molar refractivity (Wildman–Crippen MR) is 72.2 cm³/mol. The average molecular weight is 283 g/mol. The highest BCUT2D eigenvalue weighted by atomic mass is 16.4. The largest absolute Gasteiger partial charge is 0.508 e. The van der Waals surface area contributed by atoms with Crippen LogP contribution in [-0.4, -0.2) is 27.3 Å². The zero-order chi connectivity index (χ0) is 15.6. The Bertz CT molecular complexity index is 757. The highest BCUT2D eigenvalue weighted by molar-refractivity contribution is 5.96. The molecule has 3 N–H and O–H groups in total. The van der Waals surface area contributed by atoms with E-state index in [1.807, 2.05) is 6.07 Å². The summed E-state index contributed by atoms with van der Waals surface area (Å²) in [6.45, 7) is 0. The molecule has 0 unspecified atom stereocenters. The van der Waals surface area contributed by atoms with Gasteiger partial charge in [0.25, 0.3) is 0 Å². The van der Waals surface area contributed by atoms with Crippen LogP contribution in [0.2, 0.25) is 0 Å². The minimum Gasteiger partial charge on any atom is -0.508 e. The fourth-order valence-electron chi connectivity index (χ4n) is 1.88. The summed E-state index contributed by atoms with van der Waals surface area (Å²) in [6, 6.07) is 9.49. The first-order valence-corrected chi connectivity index (χ1v) is 5.77. The van der Waals surface area contributed by atoms with E-state index in [4.69, 9.17) is 15.5 Å². The fraction of sp³-hybridized carbons (Fsp3) is 0. The summed E-state index contributed by atoms with van der Waals surface area (Å²) in [5.41, 5.74) is 0.456. The Morgan fingerprint density at radius 1 is 0.857 bits per heavy atom. The lowest BCUT2D eigenvalue weighted by Crippen LogP contribution is -2.03. The Balaban J connectivity index is 2.68.